The molecule has 1 saturated heterocycles. The molecular weight excluding hydrogens is 372 g/mol. The van der Waals surface area contributed by atoms with Gasteiger partial charge in [0.05, 0.1) is 23.4 Å². The number of imidazole rings is 1. The van der Waals surface area contributed by atoms with Crippen LogP contribution in [0.4, 0.5) is 5.69 Å². The number of aromatic nitrogens is 2. The van der Waals surface area contributed by atoms with E-state index in [0.29, 0.717) is 0 Å². The van der Waals surface area contributed by atoms with Crippen LogP contribution in [0.15, 0.2) is 59.9 Å². The standard InChI is InChI=1S/C24H32N6/c1-19(20-9-7-10-21(17-20)29-14-5-6-15-29)28-24(25-2)26-13-8-16-30-18-27-22-11-3-4-12-23(22)30/h3-4,7,9-12,17-19H,5-6,8,13-16H2,1-2H3,(H2,25,26,28). The van der Waals surface area contributed by atoms with Crippen LogP contribution in [-0.2, 0) is 6.54 Å². The summed E-state index contributed by atoms with van der Waals surface area (Å²) in [7, 11) is 1.83. The van der Waals surface area contributed by atoms with Gasteiger partial charge in [-0.1, -0.05) is 24.3 Å². The van der Waals surface area contributed by atoms with Gasteiger partial charge in [0.2, 0.25) is 0 Å². The number of benzene rings is 2. The highest BCUT2D eigenvalue weighted by Crippen LogP contribution is 2.24. The van der Waals surface area contributed by atoms with Gasteiger partial charge in [-0.25, -0.2) is 4.98 Å². The molecule has 4 rings (SSSR count). The summed E-state index contributed by atoms with van der Waals surface area (Å²) in [6.45, 7) is 6.31. The van der Waals surface area contributed by atoms with Gasteiger partial charge in [-0.15, -0.1) is 0 Å². The molecule has 2 aromatic carbocycles. The molecule has 0 saturated carbocycles. The van der Waals surface area contributed by atoms with Crippen molar-refractivity contribution in [3.63, 3.8) is 0 Å². The van der Waals surface area contributed by atoms with Crippen LogP contribution in [0.2, 0.25) is 0 Å². The van der Waals surface area contributed by atoms with Gasteiger partial charge < -0.3 is 20.1 Å². The van der Waals surface area contributed by atoms with Crippen LogP contribution in [0.5, 0.6) is 0 Å². The van der Waals surface area contributed by atoms with Gasteiger partial charge in [-0.2, -0.15) is 0 Å². The first-order valence-corrected chi connectivity index (χ1v) is 11.0. The molecule has 1 atom stereocenters. The van der Waals surface area contributed by atoms with Crippen LogP contribution in [0.3, 0.4) is 0 Å². The summed E-state index contributed by atoms with van der Waals surface area (Å²) < 4.78 is 2.21. The summed E-state index contributed by atoms with van der Waals surface area (Å²) in [4.78, 5) is 11.3. The summed E-state index contributed by atoms with van der Waals surface area (Å²) >= 11 is 0. The smallest absolute Gasteiger partial charge is 0.191 e. The van der Waals surface area contributed by atoms with Crippen LogP contribution >= 0.6 is 0 Å². The normalized spacial score (nSPS) is 15.5. The summed E-state index contributed by atoms with van der Waals surface area (Å²) in [6.07, 6.45) is 5.51. The van der Waals surface area contributed by atoms with E-state index in [1.54, 1.807) is 0 Å². The van der Waals surface area contributed by atoms with Crippen LogP contribution in [0.25, 0.3) is 11.0 Å². The quantitative estimate of drug-likeness (QED) is 0.356. The lowest BCUT2D eigenvalue weighted by molar-refractivity contribution is 0.625. The number of aliphatic imine (C=N–C) groups is 1. The summed E-state index contributed by atoms with van der Waals surface area (Å²) in [5, 5.41) is 6.97. The average Bonchev–Trinajstić information content (AvgIpc) is 3.46. The summed E-state index contributed by atoms with van der Waals surface area (Å²) in [5.74, 6) is 0.838. The van der Waals surface area contributed by atoms with E-state index in [9.17, 15) is 0 Å². The number of hydrogen-bond acceptors (Lipinski definition) is 3. The van der Waals surface area contributed by atoms with Gasteiger partial charge in [0, 0.05) is 38.9 Å². The Bertz CT molecular complexity index is 986. The van der Waals surface area contributed by atoms with Gasteiger partial charge in [-0.05, 0) is 56.0 Å². The maximum absolute atomic E-state index is 4.46. The zero-order valence-corrected chi connectivity index (χ0v) is 18.0. The second-order valence-electron chi connectivity index (χ2n) is 7.93. The minimum Gasteiger partial charge on any atom is -0.372 e. The number of nitrogens with zero attached hydrogens (tertiary/aromatic N) is 4. The van der Waals surface area contributed by atoms with Gasteiger partial charge in [0.25, 0.3) is 0 Å². The number of hydrogen-bond donors (Lipinski definition) is 2. The Kier molecular flexibility index (Phi) is 6.52. The maximum atomic E-state index is 4.46. The van der Waals surface area contributed by atoms with E-state index in [1.165, 1.54) is 42.7 Å². The Morgan fingerprint density at radius 1 is 1.13 bits per heavy atom. The topological polar surface area (TPSA) is 57.5 Å². The summed E-state index contributed by atoms with van der Waals surface area (Å²) in [5.41, 5.74) is 4.85. The Balaban J connectivity index is 1.27. The zero-order chi connectivity index (χ0) is 20.8. The SMILES string of the molecule is CN=C(NCCCn1cnc2ccccc21)NC(C)c1cccc(N2CCCC2)c1. The van der Waals surface area contributed by atoms with E-state index in [0.717, 1.165) is 31.0 Å². The fourth-order valence-electron chi connectivity index (χ4n) is 4.09. The van der Waals surface area contributed by atoms with Crippen molar-refractivity contribution in [2.24, 2.45) is 4.99 Å². The molecule has 3 aromatic rings. The maximum Gasteiger partial charge on any atom is 0.191 e. The molecule has 0 spiro atoms. The molecule has 2 heterocycles. The van der Waals surface area contributed by atoms with Crippen LogP contribution in [0, 0.1) is 0 Å². The van der Waals surface area contributed by atoms with Crippen LogP contribution < -0.4 is 15.5 Å². The molecule has 2 N–H and O–H groups in total. The van der Waals surface area contributed by atoms with Gasteiger partial charge in [0.15, 0.2) is 5.96 Å². The van der Waals surface area contributed by atoms with Gasteiger partial charge in [0.1, 0.15) is 0 Å². The Morgan fingerprint density at radius 3 is 2.80 bits per heavy atom. The number of nitrogens with one attached hydrogen (secondary N) is 2. The van der Waals surface area contributed by atoms with E-state index in [2.05, 4.69) is 79.5 Å². The lowest BCUT2D eigenvalue weighted by Gasteiger charge is -2.22. The van der Waals surface area contributed by atoms with Crippen molar-refractivity contribution < 1.29 is 0 Å². The second-order valence-corrected chi connectivity index (χ2v) is 7.93. The van der Waals surface area contributed by atoms with Crippen molar-refractivity contribution in [1.82, 2.24) is 20.2 Å². The molecule has 0 amide bonds. The lowest BCUT2D eigenvalue weighted by Crippen LogP contribution is -2.39. The Morgan fingerprint density at radius 2 is 1.97 bits per heavy atom. The van der Waals surface area contributed by atoms with Crippen LogP contribution in [-0.4, -0.2) is 42.2 Å². The molecule has 158 valence electrons. The highest BCUT2D eigenvalue weighted by Gasteiger charge is 2.14. The molecule has 1 unspecified atom stereocenters. The first-order chi connectivity index (χ1) is 14.7. The number of anilines is 1. The number of fused-ring (bicyclic) bond motifs is 1. The lowest BCUT2D eigenvalue weighted by atomic mass is 10.1. The molecule has 30 heavy (non-hydrogen) atoms. The minimum atomic E-state index is 0.191. The van der Waals surface area contributed by atoms with Crippen LogP contribution in [0.1, 0.15) is 37.8 Å². The number of para-hydroxylation sites is 2. The van der Waals surface area contributed by atoms with E-state index >= 15 is 0 Å². The van der Waals surface area contributed by atoms with Crippen molar-refractivity contribution in [1.29, 1.82) is 0 Å². The molecule has 1 aromatic heterocycles. The Hall–Kier alpha value is -3.02. The molecule has 1 aliphatic heterocycles. The molecule has 1 aliphatic rings. The molecule has 6 nitrogen and oxygen atoms in total. The third-order valence-corrected chi connectivity index (χ3v) is 5.81. The number of rotatable bonds is 7. The molecule has 0 aliphatic carbocycles. The number of guanidine groups is 1. The second kappa shape index (κ2) is 9.65. The fourth-order valence-corrected chi connectivity index (χ4v) is 4.09. The minimum absolute atomic E-state index is 0.191. The third-order valence-electron chi connectivity index (χ3n) is 5.81. The molecule has 0 radical (unpaired) electrons. The van der Waals surface area contributed by atoms with Crippen molar-refractivity contribution in [3.8, 4) is 0 Å². The first kappa shape index (κ1) is 20.3. The van der Waals surface area contributed by atoms with E-state index in [-0.39, 0.29) is 6.04 Å². The highest BCUT2D eigenvalue weighted by atomic mass is 15.2. The fraction of sp³-hybridized carbons (Fsp3) is 0.417. The first-order valence-electron chi connectivity index (χ1n) is 11.0. The highest BCUT2D eigenvalue weighted by molar-refractivity contribution is 5.80. The van der Waals surface area contributed by atoms with Crippen molar-refractivity contribution in [3.05, 3.63) is 60.4 Å². The predicted molar refractivity (Wildman–Crippen MR) is 125 cm³/mol. The summed E-state index contributed by atoms with van der Waals surface area (Å²) in [6, 6.07) is 17.3. The zero-order valence-electron chi connectivity index (χ0n) is 18.0. The Labute approximate surface area is 179 Å². The van der Waals surface area contributed by atoms with Crippen molar-refractivity contribution in [2.75, 3.05) is 31.6 Å². The van der Waals surface area contributed by atoms with Crippen molar-refractivity contribution in [2.45, 2.75) is 38.8 Å². The van der Waals surface area contributed by atoms with E-state index < -0.39 is 0 Å². The molecule has 1 fully saturated rings. The average molecular weight is 405 g/mol. The molecular formula is C24H32N6. The monoisotopic (exact) mass is 404 g/mol. The predicted octanol–water partition coefficient (Wildman–Crippen LogP) is 3.95. The number of aryl methyl sites for hydroxylation is 1. The van der Waals surface area contributed by atoms with Crippen molar-refractivity contribution >= 4 is 22.7 Å². The van der Waals surface area contributed by atoms with E-state index in [4.69, 9.17) is 0 Å². The van der Waals surface area contributed by atoms with Gasteiger partial charge in [-0.3, -0.25) is 4.99 Å². The largest absolute Gasteiger partial charge is 0.372 e. The van der Waals surface area contributed by atoms with E-state index in [1.807, 2.05) is 19.4 Å². The molecule has 6 heteroatoms. The third kappa shape index (κ3) is 4.75. The molecule has 0 bridgehead atoms. The van der Waals surface area contributed by atoms with Gasteiger partial charge >= 0.3 is 0 Å².